The molecule has 2 aromatic rings. The maximum Gasteiger partial charge on any atom is 0.231 e. The highest BCUT2D eigenvalue weighted by Gasteiger charge is 2.32. The third-order valence-electron chi connectivity index (χ3n) is 4.32. The van der Waals surface area contributed by atoms with Crippen molar-refractivity contribution < 1.29 is 17.9 Å². The summed E-state index contributed by atoms with van der Waals surface area (Å²) in [6, 6.07) is 3.96. The Hall–Kier alpha value is -1.26. The molecular weight excluding hydrogens is 430 g/mol. The molecule has 0 spiro atoms. The minimum Gasteiger partial charge on any atom is -0.454 e. The lowest BCUT2D eigenvalue weighted by Gasteiger charge is -2.08. The molecule has 0 amide bonds. The van der Waals surface area contributed by atoms with Crippen LogP contribution in [0.5, 0.6) is 11.5 Å². The summed E-state index contributed by atoms with van der Waals surface area (Å²) in [4.78, 5) is 0. The molecule has 2 aliphatic rings. The van der Waals surface area contributed by atoms with E-state index in [1.54, 1.807) is 11.8 Å². The summed E-state index contributed by atoms with van der Waals surface area (Å²) in [6.07, 6.45) is 0.619. The van der Waals surface area contributed by atoms with E-state index in [4.69, 9.17) is 9.47 Å². The summed E-state index contributed by atoms with van der Waals surface area (Å²) in [5, 5.41) is 9.23. The molecule has 0 radical (unpaired) electrons. The number of hydrogen-bond acceptors (Lipinski definition) is 7. The van der Waals surface area contributed by atoms with Crippen molar-refractivity contribution in [1.29, 1.82) is 0 Å². The highest BCUT2D eigenvalue weighted by Crippen LogP contribution is 2.41. The van der Waals surface area contributed by atoms with Crippen molar-refractivity contribution in [2.45, 2.75) is 23.2 Å². The van der Waals surface area contributed by atoms with Crippen LogP contribution in [0.25, 0.3) is 0 Å². The van der Waals surface area contributed by atoms with Crippen molar-refractivity contribution in [3.05, 3.63) is 28.0 Å². The van der Waals surface area contributed by atoms with Gasteiger partial charge in [-0.2, -0.15) is 0 Å². The number of sulfone groups is 1. The van der Waals surface area contributed by atoms with Crippen LogP contribution < -0.4 is 9.47 Å². The largest absolute Gasteiger partial charge is 0.454 e. The Bertz CT molecular complexity index is 929. The van der Waals surface area contributed by atoms with E-state index in [9.17, 15) is 8.42 Å². The Kier molecular flexibility index (Phi) is 4.45. The standard InChI is InChI=1S/C15H16BrN3O4S2/c1-19-14(10-2-3-25(20,21)7-10)17-18-15(19)24-6-9-4-11(16)13-12(5-9)22-8-23-13/h4-5,10H,2-3,6-8H2,1H3/t10-/m0/s1. The second kappa shape index (κ2) is 6.48. The first-order valence-electron chi connectivity index (χ1n) is 7.73. The van der Waals surface area contributed by atoms with Gasteiger partial charge in [0.15, 0.2) is 26.5 Å². The fraction of sp³-hybridized carbons (Fsp3) is 0.467. The minimum absolute atomic E-state index is 0.0588. The number of aromatic nitrogens is 3. The molecule has 0 N–H and O–H groups in total. The predicted octanol–water partition coefficient (Wildman–Crippen LogP) is 2.50. The van der Waals surface area contributed by atoms with Crippen molar-refractivity contribution in [3.8, 4) is 11.5 Å². The molecule has 1 aromatic carbocycles. The van der Waals surface area contributed by atoms with Gasteiger partial charge in [-0.3, -0.25) is 0 Å². The molecule has 10 heteroatoms. The number of rotatable bonds is 4. The van der Waals surface area contributed by atoms with Gasteiger partial charge in [0.05, 0.1) is 16.0 Å². The number of hydrogen-bond donors (Lipinski definition) is 0. The van der Waals surface area contributed by atoms with Gasteiger partial charge in [0.25, 0.3) is 0 Å². The van der Waals surface area contributed by atoms with E-state index >= 15 is 0 Å². The lowest BCUT2D eigenvalue weighted by Crippen LogP contribution is -2.09. The van der Waals surface area contributed by atoms with Crippen LogP contribution in [0, 0.1) is 0 Å². The fourth-order valence-electron chi connectivity index (χ4n) is 3.06. The Morgan fingerprint density at radius 1 is 1.36 bits per heavy atom. The monoisotopic (exact) mass is 445 g/mol. The normalized spacial score (nSPS) is 21.0. The molecule has 1 fully saturated rings. The molecule has 2 aliphatic heterocycles. The van der Waals surface area contributed by atoms with Gasteiger partial charge >= 0.3 is 0 Å². The van der Waals surface area contributed by atoms with Gasteiger partial charge in [0, 0.05) is 18.7 Å². The topological polar surface area (TPSA) is 83.3 Å². The van der Waals surface area contributed by atoms with Gasteiger partial charge in [-0.25, -0.2) is 8.42 Å². The van der Waals surface area contributed by atoms with Crippen molar-refractivity contribution in [2.24, 2.45) is 7.05 Å². The van der Waals surface area contributed by atoms with Crippen molar-refractivity contribution in [2.75, 3.05) is 18.3 Å². The Morgan fingerprint density at radius 2 is 2.20 bits per heavy atom. The molecule has 7 nitrogen and oxygen atoms in total. The lowest BCUT2D eigenvalue weighted by atomic mass is 10.1. The quantitative estimate of drug-likeness (QED) is 0.668. The molecule has 4 rings (SSSR count). The number of fused-ring (bicyclic) bond motifs is 1. The first kappa shape index (κ1) is 17.2. The summed E-state index contributed by atoms with van der Waals surface area (Å²) in [5.41, 5.74) is 1.08. The van der Waals surface area contributed by atoms with Crippen LogP contribution in [0.3, 0.4) is 0 Å². The first-order valence-corrected chi connectivity index (χ1v) is 11.3. The molecular formula is C15H16BrN3O4S2. The number of halogens is 1. The van der Waals surface area contributed by atoms with Gasteiger partial charge in [-0.05, 0) is 40.0 Å². The molecule has 1 saturated heterocycles. The Balaban J connectivity index is 1.48. The molecule has 134 valence electrons. The molecule has 25 heavy (non-hydrogen) atoms. The van der Waals surface area contributed by atoms with Crippen molar-refractivity contribution in [3.63, 3.8) is 0 Å². The summed E-state index contributed by atoms with van der Waals surface area (Å²) in [6.45, 7) is 0.238. The molecule has 1 aromatic heterocycles. The van der Waals surface area contributed by atoms with Gasteiger partial charge in [0.1, 0.15) is 5.82 Å². The molecule has 0 unspecified atom stereocenters. The van der Waals surface area contributed by atoms with Gasteiger partial charge in [0.2, 0.25) is 6.79 Å². The smallest absolute Gasteiger partial charge is 0.231 e. The van der Waals surface area contributed by atoms with Crippen LogP contribution in [0.4, 0.5) is 0 Å². The lowest BCUT2D eigenvalue weighted by molar-refractivity contribution is 0.173. The number of nitrogens with zero attached hydrogens (tertiary/aromatic N) is 3. The summed E-state index contributed by atoms with van der Waals surface area (Å²) >= 11 is 5.05. The van der Waals surface area contributed by atoms with Gasteiger partial charge in [-0.15, -0.1) is 10.2 Å². The second-order valence-electron chi connectivity index (χ2n) is 6.10. The number of ether oxygens (including phenoxy) is 2. The SMILES string of the molecule is Cn1c(SCc2cc(Br)c3c(c2)OCO3)nnc1[C@H]1CCS(=O)(=O)C1. The highest BCUT2D eigenvalue weighted by molar-refractivity contribution is 9.10. The first-order chi connectivity index (χ1) is 11.9. The van der Waals surface area contributed by atoms with Crippen LogP contribution in [0.2, 0.25) is 0 Å². The van der Waals surface area contributed by atoms with Crippen LogP contribution in [-0.4, -0.2) is 41.5 Å². The summed E-state index contributed by atoms with van der Waals surface area (Å²) in [5.74, 6) is 3.25. The van der Waals surface area contributed by atoms with E-state index in [0.717, 1.165) is 32.5 Å². The van der Waals surface area contributed by atoms with Crippen LogP contribution in [0.1, 0.15) is 23.7 Å². The van der Waals surface area contributed by atoms with Crippen molar-refractivity contribution >= 4 is 37.5 Å². The zero-order chi connectivity index (χ0) is 17.6. The summed E-state index contributed by atoms with van der Waals surface area (Å²) in [7, 11) is -1.05. The third-order valence-corrected chi connectivity index (χ3v) is 7.77. The van der Waals surface area contributed by atoms with Gasteiger partial charge in [-0.1, -0.05) is 11.8 Å². The molecule has 0 bridgehead atoms. The van der Waals surface area contributed by atoms with E-state index in [1.807, 2.05) is 23.7 Å². The Morgan fingerprint density at radius 3 is 2.96 bits per heavy atom. The highest BCUT2D eigenvalue weighted by atomic mass is 79.9. The van der Waals surface area contributed by atoms with Crippen LogP contribution >= 0.6 is 27.7 Å². The fourth-order valence-corrected chi connectivity index (χ4v) is 6.25. The summed E-state index contributed by atoms with van der Waals surface area (Å²) < 4.78 is 37.0. The zero-order valence-electron chi connectivity index (χ0n) is 13.4. The Labute approximate surface area is 158 Å². The molecule has 3 heterocycles. The molecule has 0 aliphatic carbocycles. The van der Waals surface area contributed by atoms with E-state index in [-0.39, 0.29) is 24.2 Å². The van der Waals surface area contributed by atoms with Crippen molar-refractivity contribution in [1.82, 2.24) is 14.8 Å². The van der Waals surface area contributed by atoms with E-state index in [0.29, 0.717) is 12.2 Å². The van der Waals surface area contributed by atoms with Crippen LogP contribution in [-0.2, 0) is 22.6 Å². The van der Waals surface area contributed by atoms with Gasteiger partial charge < -0.3 is 14.0 Å². The zero-order valence-corrected chi connectivity index (χ0v) is 16.7. The number of benzene rings is 1. The van der Waals surface area contributed by atoms with E-state index < -0.39 is 9.84 Å². The average Bonchev–Trinajstić information content (AvgIpc) is 3.24. The predicted molar refractivity (Wildman–Crippen MR) is 96.8 cm³/mol. The molecule has 0 saturated carbocycles. The number of thioether (sulfide) groups is 1. The van der Waals surface area contributed by atoms with Crippen LogP contribution in [0.15, 0.2) is 21.8 Å². The minimum atomic E-state index is -2.94. The second-order valence-corrected chi connectivity index (χ2v) is 10.1. The molecule has 1 atom stereocenters. The average molecular weight is 446 g/mol. The van der Waals surface area contributed by atoms with E-state index in [2.05, 4.69) is 26.1 Å². The maximum atomic E-state index is 11.7. The third kappa shape index (κ3) is 3.39. The van der Waals surface area contributed by atoms with E-state index in [1.165, 1.54) is 0 Å². The maximum absolute atomic E-state index is 11.7.